The molecule has 1 fully saturated rings. The van der Waals surface area contributed by atoms with Crippen molar-refractivity contribution < 1.29 is 4.39 Å². The van der Waals surface area contributed by atoms with Crippen molar-refractivity contribution in [1.29, 1.82) is 5.26 Å². The molecule has 1 saturated heterocycles. The lowest BCUT2D eigenvalue weighted by Gasteiger charge is -2.15. The molecule has 0 saturated carbocycles. The number of alkyl halides is 1. The van der Waals surface area contributed by atoms with Crippen LogP contribution in [0.25, 0.3) is 5.65 Å². The van der Waals surface area contributed by atoms with E-state index in [4.69, 9.17) is 5.26 Å². The molecule has 6 heteroatoms. The van der Waals surface area contributed by atoms with Gasteiger partial charge in [0.05, 0.1) is 12.7 Å². The van der Waals surface area contributed by atoms with Crippen LogP contribution in [0.4, 0.5) is 10.2 Å². The standard InChI is InChI=1S/C11H10FN5/c12-9-1-3-16(7-9)10-2-4-17-11(15-10)8(5-13)6-14-17/h2,4,6,9H,1,3,7H2. The Balaban J connectivity index is 2.04. The van der Waals surface area contributed by atoms with Crippen molar-refractivity contribution in [3.63, 3.8) is 0 Å². The molecule has 17 heavy (non-hydrogen) atoms. The van der Waals surface area contributed by atoms with Gasteiger partial charge in [-0.05, 0) is 12.5 Å². The number of anilines is 1. The van der Waals surface area contributed by atoms with Crippen LogP contribution < -0.4 is 4.90 Å². The van der Waals surface area contributed by atoms with Gasteiger partial charge in [-0.3, -0.25) is 0 Å². The van der Waals surface area contributed by atoms with Crippen LogP contribution in [0.3, 0.4) is 0 Å². The Bertz CT molecular complexity index is 599. The third-order valence-corrected chi connectivity index (χ3v) is 2.93. The minimum Gasteiger partial charge on any atom is -0.353 e. The Morgan fingerprint density at radius 1 is 1.53 bits per heavy atom. The van der Waals surface area contributed by atoms with Crippen molar-refractivity contribution in [3.05, 3.63) is 24.0 Å². The number of nitriles is 1. The molecule has 0 radical (unpaired) electrons. The van der Waals surface area contributed by atoms with Crippen LogP contribution in [0.1, 0.15) is 12.0 Å². The van der Waals surface area contributed by atoms with Crippen molar-refractivity contribution >= 4 is 11.5 Å². The Morgan fingerprint density at radius 3 is 3.12 bits per heavy atom. The lowest BCUT2D eigenvalue weighted by atomic mass is 10.3. The molecule has 3 heterocycles. The lowest BCUT2D eigenvalue weighted by Crippen LogP contribution is -2.21. The zero-order valence-corrected chi connectivity index (χ0v) is 9.04. The highest BCUT2D eigenvalue weighted by atomic mass is 19.1. The van der Waals surface area contributed by atoms with Gasteiger partial charge in [-0.15, -0.1) is 0 Å². The van der Waals surface area contributed by atoms with Crippen molar-refractivity contribution in [1.82, 2.24) is 14.6 Å². The number of halogens is 1. The van der Waals surface area contributed by atoms with Crippen LogP contribution in [-0.4, -0.2) is 33.9 Å². The Kier molecular flexibility index (Phi) is 2.18. The summed E-state index contributed by atoms with van der Waals surface area (Å²) in [7, 11) is 0. The first-order valence-corrected chi connectivity index (χ1v) is 5.41. The van der Waals surface area contributed by atoms with E-state index in [9.17, 15) is 4.39 Å². The van der Waals surface area contributed by atoms with E-state index in [0.29, 0.717) is 36.5 Å². The zero-order valence-electron chi connectivity index (χ0n) is 9.04. The molecule has 3 rings (SSSR count). The van der Waals surface area contributed by atoms with Gasteiger partial charge in [-0.2, -0.15) is 10.4 Å². The molecule has 2 aromatic heterocycles. The minimum atomic E-state index is -0.784. The molecule has 0 aromatic carbocycles. The molecule has 1 aliphatic heterocycles. The van der Waals surface area contributed by atoms with Crippen molar-refractivity contribution in [2.24, 2.45) is 0 Å². The van der Waals surface area contributed by atoms with E-state index in [0.717, 1.165) is 0 Å². The van der Waals surface area contributed by atoms with Gasteiger partial charge in [0.1, 0.15) is 23.6 Å². The molecule has 0 bridgehead atoms. The summed E-state index contributed by atoms with van der Waals surface area (Å²) in [5.41, 5.74) is 0.954. The van der Waals surface area contributed by atoms with Crippen LogP contribution in [0.2, 0.25) is 0 Å². The average molecular weight is 231 g/mol. The third-order valence-electron chi connectivity index (χ3n) is 2.93. The van der Waals surface area contributed by atoms with E-state index >= 15 is 0 Å². The van der Waals surface area contributed by atoms with Crippen molar-refractivity contribution in [2.75, 3.05) is 18.0 Å². The topological polar surface area (TPSA) is 57.2 Å². The second-order valence-corrected chi connectivity index (χ2v) is 4.06. The monoisotopic (exact) mass is 231 g/mol. The van der Waals surface area contributed by atoms with Gasteiger partial charge in [-0.25, -0.2) is 13.9 Å². The summed E-state index contributed by atoms with van der Waals surface area (Å²) in [6.45, 7) is 1.04. The summed E-state index contributed by atoms with van der Waals surface area (Å²) >= 11 is 0. The fourth-order valence-electron chi connectivity index (χ4n) is 2.04. The number of nitrogens with zero attached hydrogens (tertiary/aromatic N) is 5. The molecular formula is C11H10FN5. The third kappa shape index (κ3) is 1.60. The average Bonchev–Trinajstić information content (AvgIpc) is 2.94. The number of hydrogen-bond donors (Lipinski definition) is 0. The summed E-state index contributed by atoms with van der Waals surface area (Å²) < 4.78 is 14.7. The second kappa shape index (κ2) is 3.70. The first-order chi connectivity index (χ1) is 8.28. The van der Waals surface area contributed by atoms with Gasteiger partial charge in [-0.1, -0.05) is 0 Å². The van der Waals surface area contributed by atoms with Gasteiger partial charge < -0.3 is 4.90 Å². The lowest BCUT2D eigenvalue weighted by molar-refractivity contribution is 0.364. The fraction of sp³-hybridized carbons (Fsp3) is 0.364. The number of aromatic nitrogens is 3. The maximum atomic E-state index is 13.1. The summed E-state index contributed by atoms with van der Waals surface area (Å²) in [6, 6.07) is 3.83. The van der Waals surface area contributed by atoms with E-state index in [-0.39, 0.29) is 0 Å². The summed E-state index contributed by atoms with van der Waals surface area (Å²) in [5.74, 6) is 0.703. The highest BCUT2D eigenvalue weighted by molar-refractivity contribution is 5.57. The van der Waals surface area contributed by atoms with E-state index in [1.54, 1.807) is 16.8 Å². The summed E-state index contributed by atoms with van der Waals surface area (Å²) in [5, 5.41) is 12.9. The van der Waals surface area contributed by atoms with Crippen LogP contribution in [0.15, 0.2) is 18.5 Å². The molecule has 1 atom stereocenters. The molecule has 1 unspecified atom stereocenters. The molecule has 0 aliphatic carbocycles. The number of hydrogen-bond acceptors (Lipinski definition) is 4. The predicted octanol–water partition coefficient (Wildman–Crippen LogP) is 1.15. The molecule has 86 valence electrons. The molecular weight excluding hydrogens is 221 g/mol. The van der Waals surface area contributed by atoms with Gasteiger partial charge in [0.2, 0.25) is 0 Å². The second-order valence-electron chi connectivity index (χ2n) is 4.06. The molecule has 5 nitrogen and oxygen atoms in total. The highest BCUT2D eigenvalue weighted by Crippen LogP contribution is 2.20. The van der Waals surface area contributed by atoms with Crippen LogP contribution in [0.5, 0.6) is 0 Å². The largest absolute Gasteiger partial charge is 0.353 e. The van der Waals surface area contributed by atoms with E-state index in [1.807, 2.05) is 11.0 Å². The van der Waals surface area contributed by atoms with Crippen LogP contribution >= 0.6 is 0 Å². The Hall–Kier alpha value is -2.16. The quantitative estimate of drug-likeness (QED) is 0.738. The number of rotatable bonds is 1. The molecule has 0 N–H and O–H groups in total. The Morgan fingerprint density at radius 2 is 2.41 bits per heavy atom. The SMILES string of the molecule is N#Cc1cnn2ccc(N3CCC(F)C3)nc12. The zero-order chi connectivity index (χ0) is 11.8. The first kappa shape index (κ1) is 10.0. The van der Waals surface area contributed by atoms with Gasteiger partial charge >= 0.3 is 0 Å². The van der Waals surface area contributed by atoms with E-state index < -0.39 is 6.17 Å². The van der Waals surface area contributed by atoms with E-state index in [2.05, 4.69) is 10.1 Å². The van der Waals surface area contributed by atoms with Crippen LogP contribution in [-0.2, 0) is 0 Å². The maximum Gasteiger partial charge on any atom is 0.175 e. The summed E-state index contributed by atoms with van der Waals surface area (Å²) in [6.07, 6.45) is 2.98. The van der Waals surface area contributed by atoms with Crippen LogP contribution in [0, 0.1) is 11.3 Å². The molecule has 2 aromatic rings. The molecule has 0 spiro atoms. The predicted molar refractivity (Wildman–Crippen MR) is 59.4 cm³/mol. The fourth-order valence-corrected chi connectivity index (χ4v) is 2.04. The maximum absolute atomic E-state index is 13.1. The van der Waals surface area contributed by atoms with Crippen molar-refractivity contribution in [2.45, 2.75) is 12.6 Å². The minimum absolute atomic E-state index is 0.374. The highest BCUT2D eigenvalue weighted by Gasteiger charge is 2.23. The van der Waals surface area contributed by atoms with Crippen molar-refractivity contribution in [3.8, 4) is 6.07 Å². The Labute approximate surface area is 97.1 Å². The van der Waals surface area contributed by atoms with Gasteiger partial charge in [0, 0.05) is 12.7 Å². The summed E-state index contributed by atoms with van der Waals surface area (Å²) in [4.78, 5) is 6.25. The number of fused-ring (bicyclic) bond motifs is 1. The normalized spacial score (nSPS) is 19.8. The molecule has 1 aliphatic rings. The smallest absolute Gasteiger partial charge is 0.175 e. The first-order valence-electron chi connectivity index (χ1n) is 5.41. The van der Waals surface area contributed by atoms with E-state index in [1.165, 1.54) is 6.20 Å². The van der Waals surface area contributed by atoms with Gasteiger partial charge in [0.15, 0.2) is 5.65 Å². The molecule has 0 amide bonds. The van der Waals surface area contributed by atoms with Gasteiger partial charge in [0.25, 0.3) is 0 Å².